The number of anilines is 1. The van der Waals surface area contributed by atoms with E-state index in [1.165, 1.54) is 25.3 Å². The summed E-state index contributed by atoms with van der Waals surface area (Å²) in [6, 6.07) is 4.69. The topological polar surface area (TPSA) is 87.9 Å². The van der Waals surface area contributed by atoms with Gasteiger partial charge in [-0.25, -0.2) is 9.59 Å². The predicted octanol–water partition coefficient (Wildman–Crippen LogP) is 5.49. The summed E-state index contributed by atoms with van der Waals surface area (Å²) < 4.78 is 15.5. The third-order valence-corrected chi connectivity index (χ3v) is 4.15. The van der Waals surface area contributed by atoms with E-state index >= 15 is 0 Å². The first kappa shape index (κ1) is 22.8. The zero-order valence-electron chi connectivity index (χ0n) is 16.6. The molecule has 152 valence electrons. The number of hydrogen-bond donors (Lipinski definition) is 1. The van der Waals surface area contributed by atoms with Gasteiger partial charge in [-0.3, -0.25) is 0 Å². The summed E-state index contributed by atoms with van der Waals surface area (Å²) in [5.74, 6) is -0.529. The quantitative estimate of drug-likeness (QED) is 0.211. The summed E-state index contributed by atoms with van der Waals surface area (Å²) in [6.07, 6.45) is 8.52. The molecule has 0 unspecified atom stereocenters. The lowest BCUT2D eigenvalue weighted by atomic mass is 10.1. The fourth-order valence-corrected chi connectivity index (χ4v) is 2.60. The average molecular weight is 379 g/mol. The molecular weight excluding hydrogens is 346 g/mol. The molecule has 0 bridgehead atoms. The Labute approximate surface area is 162 Å². The highest BCUT2D eigenvalue weighted by molar-refractivity contribution is 5.98. The van der Waals surface area contributed by atoms with Gasteiger partial charge in [-0.15, -0.1) is 0 Å². The van der Waals surface area contributed by atoms with Crippen LogP contribution in [0.4, 0.5) is 10.5 Å². The Morgan fingerprint density at radius 1 is 0.852 bits per heavy atom. The van der Waals surface area contributed by atoms with Gasteiger partial charge >= 0.3 is 12.1 Å². The minimum atomic E-state index is -0.846. The second kappa shape index (κ2) is 13.9. The maximum absolute atomic E-state index is 12.4. The standard InChI is InChI=1S/C21H33NO5/c1-3-5-7-8-9-11-15-25-20(23)19-17(22)13-12-14-18(19)27-21(24)26-16-10-6-4-2/h12-14H,3-11,15-16,22H2,1-2H3. The Balaban J connectivity index is 2.51. The largest absolute Gasteiger partial charge is 0.513 e. The molecule has 1 aromatic rings. The second-order valence-electron chi connectivity index (χ2n) is 6.53. The van der Waals surface area contributed by atoms with Crippen LogP contribution in [0.15, 0.2) is 18.2 Å². The van der Waals surface area contributed by atoms with Crippen LogP contribution < -0.4 is 10.5 Å². The highest BCUT2D eigenvalue weighted by atomic mass is 16.7. The van der Waals surface area contributed by atoms with Crippen molar-refractivity contribution in [3.05, 3.63) is 23.8 Å². The third-order valence-electron chi connectivity index (χ3n) is 4.15. The van der Waals surface area contributed by atoms with Gasteiger partial charge in [0.25, 0.3) is 0 Å². The summed E-state index contributed by atoms with van der Waals surface area (Å²) in [4.78, 5) is 24.2. The van der Waals surface area contributed by atoms with Gasteiger partial charge < -0.3 is 19.9 Å². The molecule has 6 nitrogen and oxygen atoms in total. The number of ether oxygens (including phenoxy) is 3. The van der Waals surface area contributed by atoms with Crippen LogP contribution in [0.1, 0.15) is 82.0 Å². The number of carbonyl (C=O) groups is 2. The molecule has 1 rings (SSSR count). The van der Waals surface area contributed by atoms with Crippen LogP contribution in [-0.4, -0.2) is 25.3 Å². The number of unbranched alkanes of at least 4 members (excludes halogenated alkanes) is 7. The van der Waals surface area contributed by atoms with Gasteiger partial charge in [0, 0.05) is 5.69 Å². The summed E-state index contributed by atoms with van der Waals surface area (Å²) in [6.45, 7) is 4.84. The number of nitrogen functional groups attached to an aromatic ring is 1. The lowest BCUT2D eigenvalue weighted by Crippen LogP contribution is -2.16. The Kier molecular flexibility index (Phi) is 11.7. The molecule has 0 aromatic heterocycles. The van der Waals surface area contributed by atoms with Crippen LogP contribution in [0.25, 0.3) is 0 Å². The summed E-state index contributed by atoms with van der Waals surface area (Å²) in [5.41, 5.74) is 6.16. The average Bonchev–Trinajstić information content (AvgIpc) is 2.64. The number of rotatable bonds is 13. The number of carbonyl (C=O) groups excluding carboxylic acids is 2. The first-order valence-electron chi connectivity index (χ1n) is 10.00. The van der Waals surface area contributed by atoms with Gasteiger partial charge in [-0.1, -0.05) is 64.9 Å². The van der Waals surface area contributed by atoms with Crippen molar-refractivity contribution in [3.63, 3.8) is 0 Å². The van der Waals surface area contributed by atoms with Crippen molar-refractivity contribution in [1.82, 2.24) is 0 Å². The zero-order chi connectivity index (χ0) is 19.9. The molecule has 0 aliphatic rings. The molecule has 0 aliphatic carbocycles. The van der Waals surface area contributed by atoms with E-state index < -0.39 is 12.1 Å². The van der Waals surface area contributed by atoms with Crippen molar-refractivity contribution in [2.75, 3.05) is 18.9 Å². The van der Waals surface area contributed by atoms with Crippen molar-refractivity contribution >= 4 is 17.8 Å². The SMILES string of the molecule is CCCCCCCCOC(=O)c1c(N)cccc1OC(=O)OCCCCC. The maximum Gasteiger partial charge on any atom is 0.513 e. The minimum absolute atomic E-state index is 0.0587. The summed E-state index contributed by atoms with van der Waals surface area (Å²) >= 11 is 0. The van der Waals surface area contributed by atoms with E-state index in [1.54, 1.807) is 12.1 Å². The van der Waals surface area contributed by atoms with Gasteiger partial charge in [0.1, 0.15) is 5.56 Å². The van der Waals surface area contributed by atoms with Gasteiger partial charge in [0.2, 0.25) is 0 Å². The van der Waals surface area contributed by atoms with Gasteiger partial charge in [0.05, 0.1) is 13.2 Å². The van der Waals surface area contributed by atoms with Crippen LogP contribution in [0.3, 0.4) is 0 Å². The van der Waals surface area contributed by atoms with Crippen LogP contribution in [0.2, 0.25) is 0 Å². The van der Waals surface area contributed by atoms with Crippen LogP contribution >= 0.6 is 0 Å². The molecule has 0 saturated heterocycles. The molecule has 0 atom stereocenters. The van der Waals surface area contributed by atoms with E-state index in [9.17, 15) is 9.59 Å². The molecule has 0 amide bonds. The van der Waals surface area contributed by atoms with E-state index in [0.717, 1.165) is 38.5 Å². The highest BCUT2D eigenvalue weighted by Gasteiger charge is 2.20. The molecule has 2 N–H and O–H groups in total. The number of esters is 1. The molecule has 0 spiro atoms. The van der Waals surface area contributed by atoms with E-state index in [0.29, 0.717) is 6.61 Å². The van der Waals surface area contributed by atoms with Crippen molar-refractivity contribution in [3.8, 4) is 5.75 Å². The molecule has 0 saturated carbocycles. The molecule has 0 fully saturated rings. The second-order valence-corrected chi connectivity index (χ2v) is 6.53. The predicted molar refractivity (Wildman–Crippen MR) is 106 cm³/mol. The van der Waals surface area contributed by atoms with Gasteiger partial charge in [0.15, 0.2) is 5.75 Å². The maximum atomic E-state index is 12.4. The van der Waals surface area contributed by atoms with E-state index in [-0.39, 0.29) is 23.6 Å². The molecule has 1 aromatic carbocycles. The monoisotopic (exact) mass is 379 g/mol. The van der Waals surface area contributed by atoms with Crippen molar-refractivity contribution in [2.45, 2.75) is 71.6 Å². The number of nitrogens with two attached hydrogens (primary N) is 1. The van der Waals surface area contributed by atoms with Crippen LogP contribution in [-0.2, 0) is 9.47 Å². The van der Waals surface area contributed by atoms with E-state index in [2.05, 4.69) is 13.8 Å². The Morgan fingerprint density at radius 2 is 1.44 bits per heavy atom. The number of hydrogen-bond acceptors (Lipinski definition) is 6. The normalized spacial score (nSPS) is 10.4. The van der Waals surface area contributed by atoms with Crippen LogP contribution in [0, 0.1) is 0 Å². The minimum Gasteiger partial charge on any atom is -0.462 e. The molecule has 0 heterocycles. The Bertz CT molecular complexity index is 574. The first-order chi connectivity index (χ1) is 13.1. The lowest BCUT2D eigenvalue weighted by Gasteiger charge is -2.12. The fourth-order valence-electron chi connectivity index (χ4n) is 2.60. The molecule has 27 heavy (non-hydrogen) atoms. The summed E-state index contributed by atoms with van der Waals surface area (Å²) in [5, 5.41) is 0. The molecule has 6 heteroatoms. The fraction of sp³-hybridized carbons (Fsp3) is 0.619. The lowest BCUT2D eigenvalue weighted by molar-refractivity contribution is 0.0493. The smallest absolute Gasteiger partial charge is 0.462 e. The summed E-state index contributed by atoms with van der Waals surface area (Å²) in [7, 11) is 0. The van der Waals surface area contributed by atoms with Crippen molar-refractivity contribution in [1.29, 1.82) is 0 Å². The first-order valence-corrected chi connectivity index (χ1v) is 10.00. The van der Waals surface area contributed by atoms with E-state index in [4.69, 9.17) is 19.9 Å². The van der Waals surface area contributed by atoms with Crippen molar-refractivity contribution in [2.24, 2.45) is 0 Å². The molecule has 0 aliphatic heterocycles. The Morgan fingerprint density at radius 3 is 2.19 bits per heavy atom. The van der Waals surface area contributed by atoms with Crippen LogP contribution in [0.5, 0.6) is 5.75 Å². The van der Waals surface area contributed by atoms with E-state index in [1.807, 2.05) is 0 Å². The number of benzene rings is 1. The molecular formula is C21H33NO5. The Hall–Kier alpha value is -2.24. The van der Waals surface area contributed by atoms with Gasteiger partial charge in [-0.2, -0.15) is 0 Å². The highest BCUT2D eigenvalue weighted by Crippen LogP contribution is 2.26. The van der Waals surface area contributed by atoms with Crippen molar-refractivity contribution < 1.29 is 23.8 Å². The molecule has 0 radical (unpaired) electrons. The third kappa shape index (κ3) is 9.31. The zero-order valence-corrected chi connectivity index (χ0v) is 16.6. The van der Waals surface area contributed by atoms with Gasteiger partial charge in [-0.05, 0) is 25.0 Å².